The molecule has 0 bridgehead atoms. The molecule has 0 spiro atoms. The van der Waals surface area contributed by atoms with Crippen molar-refractivity contribution in [2.45, 2.75) is 46.5 Å². The van der Waals surface area contributed by atoms with Crippen LogP contribution in [0.25, 0.3) is 0 Å². The van der Waals surface area contributed by atoms with Gasteiger partial charge in [-0.2, -0.15) is 0 Å². The summed E-state index contributed by atoms with van der Waals surface area (Å²) in [6, 6.07) is 1.98. The highest BCUT2D eigenvalue weighted by Crippen LogP contribution is 2.20. The second-order valence-corrected chi connectivity index (χ2v) is 5.35. The summed E-state index contributed by atoms with van der Waals surface area (Å²) in [6.07, 6.45) is 6.77. The van der Waals surface area contributed by atoms with E-state index in [1.807, 2.05) is 13.0 Å². The van der Waals surface area contributed by atoms with Crippen LogP contribution in [0.2, 0.25) is 0 Å². The summed E-state index contributed by atoms with van der Waals surface area (Å²) < 4.78 is 6.79. The van der Waals surface area contributed by atoms with Crippen molar-refractivity contribution in [3.8, 4) is 5.88 Å². The van der Waals surface area contributed by atoms with Crippen molar-refractivity contribution in [2.75, 3.05) is 6.61 Å². The van der Waals surface area contributed by atoms with E-state index >= 15 is 0 Å². The van der Waals surface area contributed by atoms with Crippen molar-refractivity contribution in [1.29, 1.82) is 0 Å². The molecule has 2 nitrogen and oxygen atoms in total. The van der Waals surface area contributed by atoms with Gasteiger partial charge in [-0.3, -0.25) is 0 Å². The Morgan fingerprint density at radius 3 is 2.76 bits per heavy atom. The average molecular weight is 300 g/mol. The zero-order valence-electron chi connectivity index (χ0n) is 11.0. The number of aryl methyl sites for hydroxylation is 1. The zero-order valence-corrected chi connectivity index (χ0v) is 12.6. The summed E-state index contributed by atoms with van der Waals surface area (Å²) in [5.74, 6) is 1.39. The van der Waals surface area contributed by atoms with E-state index < -0.39 is 0 Å². The van der Waals surface area contributed by atoms with E-state index in [4.69, 9.17) is 4.74 Å². The molecule has 1 aromatic heterocycles. The number of nitrogens with zero attached hydrogens (tertiary/aromatic N) is 1. The van der Waals surface area contributed by atoms with Gasteiger partial charge in [-0.05, 0) is 40.8 Å². The molecule has 0 aliphatic rings. The Bertz CT molecular complexity index is 341. The van der Waals surface area contributed by atoms with Crippen molar-refractivity contribution in [3.63, 3.8) is 0 Å². The molecule has 0 amide bonds. The fourth-order valence-corrected chi connectivity index (χ4v) is 1.91. The van der Waals surface area contributed by atoms with Gasteiger partial charge < -0.3 is 4.74 Å². The van der Waals surface area contributed by atoms with E-state index in [1.54, 1.807) is 6.20 Å². The number of hydrogen-bond donors (Lipinski definition) is 0. The summed E-state index contributed by atoms with van der Waals surface area (Å²) in [7, 11) is 0. The molecule has 0 aliphatic heterocycles. The summed E-state index contributed by atoms with van der Waals surface area (Å²) in [5, 5.41) is 0. The predicted octanol–water partition coefficient (Wildman–Crippen LogP) is 4.75. The van der Waals surface area contributed by atoms with Gasteiger partial charge in [0.05, 0.1) is 6.61 Å². The predicted molar refractivity (Wildman–Crippen MR) is 75.5 cm³/mol. The quantitative estimate of drug-likeness (QED) is 0.725. The molecule has 96 valence electrons. The van der Waals surface area contributed by atoms with Gasteiger partial charge >= 0.3 is 0 Å². The lowest BCUT2D eigenvalue weighted by Crippen LogP contribution is -2.12. The van der Waals surface area contributed by atoms with Gasteiger partial charge in [-0.25, -0.2) is 4.98 Å². The molecule has 0 N–H and O–H groups in total. The third-order valence-corrected chi connectivity index (χ3v) is 3.86. The van der Waals surface area contributed by atoms with E-state index in [2.05, 4.69) is 34.8 Å². The molecule has 1 atom stereocenters. The highest BCUT2D eigenvalue weighted by Gasteiger charge is 2.07. The Labute approximate surface area is 113 Å². The van der Waals surface area contributed by atoms with Crippen molar-refractivity contribution in [2.24, 2.45) is 5.92 Å². The van der Waals surface area contributed by atoms with Crippen LogP contribution in [0.5, 0.6) is 5.88 Å². The molecule has 1 aromatic rings. The molecule has 0 fully saturated rings. The fourth-order valence-electron chi connectivity index (χ4n) is 1.69. The highest BCUT2D eigenvalue weighted by atomic mass is 79.9. The molecule has 0 aromatic carbocycles. The minimum atomic E-state index is 0.653. The van der Waals surface area contributed by atoms with Crippen LogP contribution in [0.15, 0.2) is 16.7 Å². The van der Waals surface area contributed by atoms with Crippen LogP contribution >= 0.6 is 15.9 Å². The molecule has 0 radical (unpaired) electrons. The van der Waals surface area contributed by atoms with Crippen molar-refractivity contribution in [3.05, 3.63) is 22.3 Å². The van der Waals surface area contributed by atoms with Crippen LogP contribution in [-0.2, 0) is 0 Å². The average Bonchev–Trinajstić information content (AvgIpc) is 2.34. The van der Waals surface area contributed by atoms with Gasteiger partial charge in [-0.1, -0.05) is 33.1 Å². The molecule has 1 rings (SSSR count). The van der Waals surface area contributed by atoms with Crippen LogP contribution in [0, 0.1) is 12.8 Å². The largest absolute Gasteiger partial charge is 0.477 e. The smallest absolute Gasteiger partial charge is 0.213 e. The van der Waals surface area contributed by atoms with Gasteiger partial charge in [0.25, 0.3) is 0 Å². The molecule has 0 saturated heterocycles. The Kier molecular flexibility index (Phi) is 6.56. The van der Waals surface area contributed by atoms with Crippen LogP contribution in [0.3, 0.4) is 0 Å². The first-order chi connectivity index (χ1) is 8.17. The Morgan fingerprint density at radius 1 is 1.41 bits per heavy atom. The number of pyridine rings is 1. The number of aromatic nitrogens is 1. The molecular weight excluding hydrogens is 278 g/mol. The molecule has 3 heteroatoms. The van der Waals surface area contributed by atoms with Gasteiger partial charge in [0.15, 0.2) is 0 Å². The summed E-state index contributed by atoms with van der Waals surface area (Å²) in [5.41, 5.74) is 1.16. The van der Waals surface area contributed by atoms with Gasteiger partial charge in [0, 0.05) is 16.7 Å². The number of halogens is 1. The maximum Gasteiger partial charge on any atom is 0.213 e. The standard InChI is InChI=1S/C14H22BrNO/c1-4-6-7-12(5-2)10-17-14-8-11(3)13(15)9-16-14/h8-9,12H,4-7,10H2,1-3H3. The lowest BCUT2D eigenvalue weighted by atomic mass is 10.0. The Balaban J connectivity index is 2.45. The maximum absolute atomic E-state index is 5.76. The van der Waals surface area contributed by atoms with E-state index in [0.717, 1.165) is 22.5 Å². The minimum absolute atomic E-state index is 0.653. The number of unbranched alkanes of at least 4 members (excludes halogenated alkanes) is 1. The third kappa shape index (κ3) is 5.07. The summed E-state index contributed by atoms with van der Waals surface area (Å²) in [6.45, 7) is 7.29. The molecule has 1 heterocycles. The van der Waals surface area contributed by atoms with Gasteiger partial charge in [0.2, 0.25) is 5.88 Å². The normalized spacial score (nSPS) is 12.5. The summed E-state index contributed by atoms with van der Waals surface area (Å²) in [4.78, 5) is 4.26. The molecule has 0 saturated carbocycles. The molecule has 1 unspecified atom stereocenters. The first-order valence-corrected chi connectivity index (χ1v) is 7.21. The molecular formula is C14H22BrNO. The SMILES string of the molecule is CCCCC(CC)COc1cc(C)c(Br)cn1. The zero-order chi connectivity index (χ0) is 12.7. The first kappa shape index (κ1) is 14.5. The monoisotopic (exact) mass is 299 g/mol. The number of hydrogen-bond acceptors (Lipinski definition) is 2. The summed E-state index contributed by atoms with van der Waals surface area (Å²) >= 11 is 3.44. The van der Waals surface area contributed by atoms with Gasteiger partial charge in [-0.15, -0.1) is 0 Å². The van der Waals surface area contributed by atoms with Crippen LogP contribution in [-0.4, -0.2) is 11.6 Å². The second kappa shape index (κ2) is 7.70. The number of ether oxygens (including phenoxy) is 1. The van der Waals surface area contributed by atoms with Crippen molar-refractivity contribution >= 4 is 15.9 Å². The lowest BCUT2D eigenvalue weighted by molar-refractivity contribution is 0.225. The number of rotatable bonds is 7. The lowest BCUT2D eigenvalue weighted by Gasteiger charge is -2.15. The molecule has 17 heavy (non-hydrogen) atoms. The van der Waals surface area contributed by atoms with E-state index in [0.29, 0.717) is 5.92 Å². The first-order valence-electron chi connectivity index (χ1n) is 6.42. The fraction of sp³-hybridized carbons (Fsp3) is 0.643. The van der Waals surface area contributed by atoms with Gasteiger partial charge in [0.1, 0.15) is 0 Å². The minimum Gasteiger partial charge on any atom is -0.477 e. The van der Waals surface area contributed by atoms with Crippen molar-refractivity contribution < 1.29 is 4.74 Å². The Morgan fingerprint density at radius 2 is 2.18 bits per heavy atom. The van der Waals surface area contributed by atoms with Crippen LogP contribution in [0.4, 0.5) is 0 Å². The molecule has 0 aliphatic carbocycles. The maximum atomic E-state index is 5.76. The third-order valence-electron chi connectivity index (χ3n) is 3.03. The highest BCUT2D eigenvalue weighted by molar-refractivity contribution is 9.10. The van der Waals surface area contributed by atoms with E-state index in [1.165, 1.54) is 25.7 Å². The van der Waals surface area contributed by atoms with E-state index in [9.17, 15) is 0 Å². The van der Waals surface area contributed by atoms with Crippen LogP contribution in [0.1, 0.15) is 45.1 Å². The van der Waals surface area contributed by atoms with E-state index in [-0.39, 0.29) is 0 Å². The second-order valence-electron chi connectivity index (χ2n) is 4.50. The Hall–Kier alpha value is -0.570. The topological polar surface area (TPSA) is 22.1 Å². The van der Waals surface area contributed by atoms with Crippen LogP contribution < -0.4 is 4.74 Å². The van der Waals surface area contributed by atoms with Crippen molar-refractivity contribution in [1.82, 2.24) is 4.98 Å².